The van der Waals surface area contributed by atoms with Gasteiger partial charge in [-0.25, -0.2) is 14.8 Å². The van der Waals surface area contributed by atoms with Crippen LogP contribution in [0.5, 0.6) is 0 Å². The predicted octanol–water partition coefficient (Wildman–Crippen LogP) is 3.01. The Morgan fingerprint density at radius 1 is 1.30 bits per heavy atom. The van der Waals surface area contributed by atoms with E-state index in [9.17, 15) is 9.59 Å². The number of hydrogen-bond donors (Lipinski definition) is 1. The van der Waals surface area contributed by atoms with Crippen molar-refractivity contribution in [2.45, 2.75) is 26.4 Å². The van der Waals surface area contributed by atoms with Gasteiger partial charge in [0.2, 0.25) is 0 Å². The van der Waals surface area contributed by atoms with E-state index in [1.165, 1.54) is 18.3 Å². The van der Waals surface area contributed by atoms with Crippen LogP contribution in [-0.2, 0) is 9.53 Å². The summed E-state index contributed by atoms with van der Waals surface area (Å²) in [5.74, 6) is -0.615. The number of anilines is 1. The van der Waals surface area contributed by atoms with Gasteiger partial charge in [-0.3, -0.25) is 4.79 Å². The lowest BCUT2D eigenvalue weighted by Crippen LogP contribution is -2.32. The summed E-state index contributed by atoms with van der Waals surface area (Å²) in [5.41, 5.74) is 1.06. The van der Waals surface area contributed by atoms with Crippen molar-refractivity contribution in [1.82, 2.24) is 9.97 Å². The lowest BCUT2D eigenvalue weighted by atomic mass is 10.2. The normalized spacial score (nSPS) is 11.6. The number of halogens is 1. The molecule has 0 fully saturated rings. The topological polar surface area (TPSA) is 81.2 Å². The van der Waals surface area contributed by atoms with Crippen molar-refractivity contribution in [3.05, 3.63) is 52.9 Å². The molecule has 120 valence electrons. The van der Waals surface area contributed by atoms with E-state index < -0.39 is 18.0 Å². The van der Waals surface area contributed by atoms with Crippen LogP contribution in [0.1, 0.15) is 29.3 Å². The van der Waals surface area contributed by atoms with Crippen molar-refractivity contribution in [2.75, 3.05) is 5.32 Å². The van der Waals surface area contributed by atoms with Gasteiger partial charge >= 0.3 is 5.97 Å². The molecule has 0 bridgehead atoms. The van der Waals surface area contributed by atoms with Crippen LogP contribution in [0.4, 0.5) is 5.82 Å². The molecule has 1 N–H and O–H groups in total. The first kappa shape index (κ1) is 16.9. The van der Waals surface area contributed by atoms with Crippen molar-refractivity contribution in [3.8, 4) is 0 Å². The van der Waals surface area contributed by atoms with Gasteiger partial charge in [-0.05, 0) is 37.1 Å². The van der Waals surface area contributed by atoms with Crippen LogP contribution in [0, 0.1) is 6.92 Å². The molecule has 0 saturated carbocycles. The zero-order chi connectivity index (χ0) is 16.8. The van der Waals surface area contributed by atoms with Crippen LogP contribution < -0.4 is 5.32 Å². The number of carbonyl (C=O) groups excluding carboxylic acids is 2. The molecule has 6 nitrogen and oxygen atoms in total. The quantitative estimate of drug-likeness (QED) is 0.672. The third-order valence-electron chi connectivity index (χ3n) is 3.13. The highest BCUT2D eigenvalue weighted by atomic mass is 35.5. The van der Waals surface area contributed by atoms with Gasteiger partial charge < -0.3 is 10.1 Å². The Balaban J connectivity index is 2.06. The number of pyridine rings is 2. The zero-order valence-electron chi connectivity index (χ0n) is 12.7. The van der Waals surface area contributed by atoms with E-state index in [0.29, 0.717) is 12.2 Å². The first-order valence-electron chi connectivity index (χ1n) is 7.06. The van der Waals surface area contributed by atoms with E-state index in [0.717, 1.165) is 5.56 Å². The fourth-order valence-corrected chi connectivity index (χ4v) is 2.04. The summed E-state index contributed by atoms with van der Waals surface area (Å²) in [6, 6.07) is 6.46. The maximum absolute atomic E-state index is 12.3. The summed E-state index contributed by atoms with van der Waals surface area (Å²) in [4.78, 5) is 32.2. The van der Waals surface area contributed by atoms with Crippen LogP contribution in [-0.4, -0.2) is 27.9 Å². The highest BCUT2D eigenvalue weighted by molar-refractivity contribution is 6.29. The maximum atomic E-state index is 12.3. The number of nitrogens with zero attached hydrogens (tertiary/aromatic N) is 2. The van der Waals surface area contributed by atoms with Crippen molar-refractivity contribution in [3.63, 3.8) is 0 Å². The zero-order valence-corrected chi connectivity index (χ0v) is 13.5. The number of amides is 1. The summed E-state index contributed by atoms with van der Waals surface area (Å²) in [6.45, 7) is 3.58. The molecule has 23 heavy (non-hydrogen) atoms. The third-order valence-corrected chi connectivity index (χ3v) is 3.33. The lowest BCUT2D eigenvalue weighted by Gasteiger charge is -2.16. The lowest BCUT2D eigenvalue weighted by molar-refractivity contribution is -0.124. The van der Waals surface area contributed by atoms with Gasteiger partial charge in [-0.1, -0.05) is 24.6 Å². The highest BCUT2D eigenvalue weighted by Gasteiger charge is 2.23. The van der Waals surface area contributed by atoms with E-state index in [-0.39, 0.29) is 10.7 Å². The molecule has 0 radical (unpaired) electrons. The molecule has 2 rings (SSSR count). The first-order chi connectivity index (χ1) is 11.0. The number of esters is 1. The van der Waals surface area contributed by atoms with Crippen molar-refractivity contribution in [1.29, 1.82) is 0 Å². The third kappa shape index (κ3) is 4.50. The minimum absolute atomic E-state index is 0.182. The molecular formula is C16H16ClN3O3. The highest BCUT2D eigenvalue weighted by Crippen LogP contribution is 2.13. The molecule has 1 amide bonds. The second kappa shape index (κ2) is 7.69. The molecule has 1 atom stereocenters. The van der Waals surface area contributed by atoms with Gasteiger partial charge in [0.15, 0.2) is 6.10 Å². The summed E-state index contributed by atoms with van der Waals surface area (Å²) in [5, 5.41) is 2.85. The summed E-state index contributed by atoms with van der Waals surface area (Å²) < 4.78 is 5.25. The molecule has 0 aromatic carbocycles. The summed E-state index contributed by atoms with van der Waals surface area (Å²) in [6.07, 6.45) is 2.39. The van der Waals surface area contributed by atoms with Crippen molar-refractivity contribution >= 4 is 29.3 Å². The Kier molecular flexibility index (Phi) is 5.65. The van der Waals surface area contributed by atoms with Crippen molar-refractivity contribution < 1.29 is 14.3 Å². The Morgan fingerprint density at radius 3 is 2.74 bits per heavy atom. The number of aromatic nitrogens is 2. The predicted molar refractivity (Wildman–Crippen MR) is 86.3 cm³/mol. The summed E-state index contributed by atoms with van der Waals surface area (Å²) in [7, 11) is 0. The van der Waals surface area contributed by atoms with Gasteiger partial charge in [0.05, 0.1) is 5.56 Å². The molecule has 0 saturated heterocycles. The van der Waals surface area contributed by atoms with E-state index in [1.807, 2.05) is 13.0 Å². The molecule has 0 aliphatic rings. The van der Waals surface area contributed by atoms with Crippen LogP contribution in [0.3, 0.4) is 0 Å². The molecule has 2 aromatic rings. The molecule has 0 aliphatic heterocycles. The van der Waals surface area contributed by atoms with E-state index in [4.69, 9.17) is 16.3 Å². The molecule has 0 spiro atoms. The monoisotopic (exact) mass is 333 g/mol. The van der Waals surface area contributed by atoms with Gasteiger partial charge in [0.25, 0.3) is 5.91 Å². The number of nitrogens with one attached hydrogen (secondary N) is 1. The van der Waals surface area contributed by atoms with E-state index in [2.05, 4.69) is 15.3 Å². The maximum Gasteiger partial charge on any atom is 0.339 e. The second-order valence-corrected chi connectivity index (χ2v) is 5.21. The van der Waals surface area contributed by atoms with Crippen molar-refractivity contribution in [2.24, 2.45) is 0 Å². The Bertz CT molecular complexity index is 721. The van der Waals surface area contributed by atoms with Gasteiger partial charge in [0, 0.05) is 12.4 Å². The minimum Gasteiger partial charge on any atom is -0.449 e. The summed E-state index contributed by atoms with van der Waals surface area (Å²) >= 11 is 5.74. The smallest absolute Gasteiger partial charge is 0.339 e. The number of carbonyl (C=O) groups is 2. The second-order valence-electron chi connectivity index (χ2n) is 4.83. The van der Waals surface area contributed by atoms with Crippen LogP contribution in [0.25, 0.3) is 0 Å². The Hall–Kier alpha value is -2.47. The Labute approximate surface area is 138 Å². The molecule has 7 heteroatoms. The van der Waals surface area contributed by atoms with Gasteiger partial charge in [0.1, 0.15) is 11.0 Å². The number of aryl methyl sites for hydroxylation is 1. The molecular weight excluding hydrogens is 318 g/mol. The largest absolute Gasteiger partial charge is 0.449 e. The standard InChI is InChI=1S/C16H16ClN3O3/c1-3-12(15(21)20-14-10(2)5-4-7-19-14)23-16(22)11-6-8-18-13(17)9-11/h4-9,12H,3H2,1-2H3,(H,19,20,21). The molecule has 1 unspecified atom stereocenters. The fourth-order valence-electron chi connectivity index (χ4n) is 1.86. The first-order valence-corrected chi connectivity index (χ1v) is 7.44. The number of rotatable bonds is 5. The van der Waals surface area contributed by atoms with Gasteiger partial charge in [-0.2, -0.15) is 0 Å². The van der Waals surface area contributed by atoms with Crippen LogP contribution in [0.2, 0.25) is 5.15 Å². The average Bonchev–Trinajstić information content (AvgIpc) is 2.54. The molecule has 0 aliphatic carbocycles. The van der Waals surface area contributed by atoms with E-state index in [1.54, 1.807) is 19.2 Å². The van der Waals surface area contributed by atoms with Crippen LogP contribution in [0.15, 0.2) is 36.7 Å². The fraction of sp³-hybridized carbons (Fsp3) is 0.250. The number of ether oxygens (including phenoxy) is 1. The average molecular weight is 334 g/mol. The molecule has 2 aromatic heterocycles. The van der Waals surface area contributed by atoms with Crippen LogP contribution >= 0.6 is 11.6 Å². The Morgan fingerprint density at radius 2 is 2.09 bits per heavy atom. The molecule has 2 heterocycles. The van der Waals surface area contributed by atoms with E-state index >= 15 is 0 Å². The van der Waals surface area contributed by atoms with Gasteiger partial charge in [-0.15, -0.1) is 0 Å². The minimum atomic E-state index is -0.921. The number of hydrogen-bond acceptors (Lipinski definition) is 5. The SMILES string of the molecule is CCC(OC(=O)c1ccnc(Cl)c1)C(=O)Nc1ncccc1C.